The summed E-state index contributed by atoms with van der Waals surface area (Å²) in [5, 5.41) is 22.2. The minimum Gasteiger partial charge on any atom is -0.417 e. The van der Waals surface area contributed by atoms with Crippen molar-refractivity contribution >= 4 is 9.04 Å². The average molecular weight is 533 g/mol. The van der Waals surface area contributed by atoms with Gasteiger partial charge in [0.15, 0.2) is 9.04 Å². The van der Waals surface area contributed by atoms with E-state index in [1.54, 1.807) is 0 Å². The maximum atomic E-state index is 11.5. The van der Waals surface area contributed by atoms with Crippen LogP contribution in [-0.2, 0) is 4.43 Å². The Balaban J connectivity index is 1.48. The van der Waals surface area contributed by atoms with Gasteiger partial charge in [-0.1, -0.05) is 79.4 Å². The van der Waals surface area contributed by atoms with Crippen molar-refractivity contribution in [2.24, 2.45) is 51.8 Å². The van der Waals surface area contributed by atoms with Crippen LogP contribution < -0.4 is 0 Å². The van der Waals surface area contributed by atoms with Crippen molar-refractivity contribution in [2.75, 3.05) is 0 Å². The van der Waals surface area contributed by atoms with Crippen LogP contribution in [0.15, 0.2) is 11.6 Å². The van der Waals surface area contributed by atoms with Crippen molar-refractivity contribution < 1.29 is 14.6 Å². The second-order valence-electron chi connectivity index (χ2n) is 16.0. The van der Waals surface area contributed by atoms with Gasteiger partial charge in [-0.15, -0.1) is 0 Å². The van der Waals surface area contributed by atoms with Gasteiger partial charge in [-0.05, 0) is 104 Å². The summed E-state index contributed by atoms with van der Waals surface area (Å²) < 4.78 is 6.68. The highest BCUT2D eigenvalue weighted by Crippen LogP contribution is 2.67. The fourth-order valence-electron chi connectivity index (χ4n) is 10.4. The lowest BCUT2D eigenvalue weighted by Crippen LogP contribution is -2.57. The van der Waals surface area contributed by atoms with Crippen molar-refractivity contribution in [3.63, 3.8) is 0 Å². The number of hydrogen-bond donors (Lipinski definition) is 2. The molecule has 4 heteroatoms. The molecule has 3 fully saturated rings. The standard InChI is InChI=1S/C33H60O3Si/c1-21(20-31(3,4)5)11-10-12-22(2)30-28(35)19-27-25-14-13-23-17-24(34)18-29(36-37(8)9)33(23,7)26(25)15-16-32(27,30)6/h13,21-22,24-30,34-35,37H,10-12,14-20H2,1-9H3/t21-,22-,24?,25-,26+,27+,28+,29?,30+,32+,33+/m1/s1. The van der Waals surface area contributed by atoms with Gasteiger partial charge in [0, 0.05) is 5.41 Å². The van der Waals surface area contributed by atoms with Gasteiger partial charge in [0.25, 0.3) is 0 Å². The molecule has 0 radical (unpaired) electrons. The third-order valence-electron chi connectivity index (χ3n) is 11.6. The van der Waals surface area contributed by atoms with E-state index in [1.165, 1.54) is 44.1 Å². The zero-order valence-corrected chi connectivity index (χ0v) is 26.9. The van der Waals surface area contributed by atoms with E-state index in [0.29, 0.717) is 35.0 Å². The van der Waals surface area contributed by atoms with Gasteiger partial charge >= 0.3 is 0 Å². The molecular formula is C33H60O3Si. The third-order valence-corrected chi connectivity index (χ3v) is 12.5. The number of aliphatic hydroxyl groups excluding tert-OH is 2. The SMILES string of the molecule is C[C@H](CCC[C@@H](C)[C@H]1[C@@H](O)C[C@H]2[C@@H]3CC=C4CC(O)CC(O[SiH](C)C)[C@]4(C)[C@H]3CC[C@]12C)CC(C)(C)C. The van der Waals surface area contributed by atoms with Crippen molar-refractivity contribution in [1.29, 1.82) is 0 Å². The van der Waals surface area contributed by atoms with Crippen LogP contribution in [0, 0.1) is 51.8 Å². The molecule has 11 atom stereocenters. The van der Waals surface area contributed by atoms with Crippen LogP contribution in [0.2, 0.25) is 13.1 Å². The Bertz CT molecular complexity index is 815. The van der Waals surface area contributed by atoms with Crippen LogP contribution in [0.25, 0.3) is 0 Å². The number of allylic oxidation sites excluding steroid dienone is 1. The molecule has 214 valence electrons. The summed E-state index contributed by atoms with van der Waals surface area (Å²) in [6.45, 7) is 21.5. The number of fused-ring (bicyclic) bond motifs is 5. The Labute approximate surface area is 231 Å². The maximum Gasteiger partial charge on any atom is 0.171 e. The van der Waals surface area contributed by atoms with E-state index >= 15 is 0 Å². The van der Waals surface area contributed by atoms with Crippen LogP contribution >= 0.6 is 0 Å². The van der Waals surface area contributed by atoms with E-state index in [-0.39, 0.29) is 29.1 Å². The highest BCUT2D eigenvalue weighted by Gasteiger charge is 2.63. The summed E-state index contributed by atoms with van der Waals surface area (Å²) in [4.78, 5) is 0. The first-order chi connectivity index (χ1) is 17.2. The van der Waals surface area contributed by atoms with Crippen LogP contribution in [0.1, 0.15) is 113 Å². The lowest BCUT2D eigenvalue weighted by atomic mass is 9.46. The highest BCUT2D eigenvalue weighted by molar-refractivity contribution is 6.48. The smallest absolute Gasteiger partial charge is 0.171 e. The van der Waals surface area contributed by atoms with E-state index in [1.807, 2.05) is 0 Å². The molecule has 0 saturated heterocycles. The molecule has 2 N–H and O–H groups in total. The summed E-state index contributed by atoms with van der Waals surface area (Å²) >= 11 is 0. The Kier molecular flexibility index (Phi) is 8.87. The first-order valence-electron chi connectivity index (χ1n) is 15.9. The summed E-state index contributed by atoms with van der Waals surface area (Å²) in [6, 6.07) is 0. The van der Waals surface area contributed by atoms with Gasteiger partial charge in [0.05, 0.1) is 18.3 Å². The van der Waals surface area contributed by atoms with Crippen LogP contribution in [-0.4, -0.2) is 37.6 Å². The molecule has 0 bridgehead atoms. The fraction of sp³-hybridized carbons (Fsp3) is 0.939. The van der Waals surface area contributed by atoms with Crippen LogP contribution in [0.3, 0.4) is 0 Å². The summed E-state index contributed by atoms with van der Waals surface area (Å²) in [7, 11) is -1.21. The number of hydrogen-bond acceptors (Lipinski definition) is 3. The fourth-order valence-corrected chi connectivity index (χ4v) is 11.4. The highest BCUT2D eigenvalue weighted by atomic mass is 28.3. The van der Waals surface area contributed by atoms with E-state index in [2.05, 4.69) is 67.6 Å². The number of aliphatic hydroxyl groups is 2. The minimum absolute atomic E-state index is 0.0542. The molecule has 4 aliphatic rings. The summed E-state index contributed by atoms with van der Waals surface area (Å²) in [5.74, 6) is 3.66. The summed E-state index contributed by atoms with van der Waals surface area (Å²) in [6.07, 6.45) is 13.6. The molecule has 0 aromatic rings. The topological polar surface area (TPSA) is 49.7 Å². The molecular weight excluding hydrogens is 472 g/mol. The number of rotatable bonds is 8. The van der Waals surface area contributed by atoms with Gasteiger partial charge in [0.1, 0.15) is 0 Å². The molecule has 4 rings (SSSR count). The zero-order valence-electron chi connectivity index (χ0n) is 25.7. The molecule has 2 unspecified atom stereocenters. The minimum atomic E-state index is -1.21. The maximum absolute atomic E-state index is 11.5. The van der Waals surface area contributed by atoms with E-state index in [0.717, 1.165) is 31.6 Å². The molecule has 0 amide bonds. The van der Waals surface area contributed by atoms with Gasteiger partial charge in [-0.3, -0.25) is 0 Å². The normalized spacial score (nSPS) is 43.6. The average Bonchev–Trinajstić information content (AvgIpc) is 3.03. The van der Waals surface area contributed by atoms with Crippen molar-refractivity contribution in [3.8, 4) is 0 Å². The quantitative estimate of drug-likeness (QED) is 0.248. The molecule has 37 heavy (non-hydrogen) atoms. The molecule has 0 heterocycles. The third kappa shape index (κ3) is 5.84. The molecule has 3 saturated carbocycles. The van der Waals surface area contributed by atoms with Crippen molar-refractivity contribution in [1.82, 2.24) is 0 Å². The molecule has 3 nitrogen and oxygen atoms in total. The Hall–Kier alpha value is -0.163. The first kappa shape index (κ1) is 29.8. The molecule has 0 spiro atoms. The predicted molar refractivity (Wildman–Crippen MR) is 158 cm³/mol. The Morgan fingerprint density at radius 1 is 1.08 bits per heavy atom. The second-order valence-corrected chi connectivity index (χ2v) is 18.4. The van der Waals surface area contributed by atoms with E-state index in [4.69, 9.17) is 4.43 Å². The largest absolute Gasteiger partial charge is 0.417 e. The zero-order chi connectivity index (χ0) is 27.3. The van der Waals surface area contributed by atoms with Gasteiger partial charge in [-0.25, -0.2) is 0 Å². The van der Waals surface area contributed by atoms with Crippen molar-refractivity contribution in [3.05, 3.63) is 11.6 Å². The Morgan fingerprint density at radius 2 is 1.78 bits per heavy atom. The van der Waals surface area contributed by atoms with Crippen LogP contribution in [0.4, 0.5) is 0 Å². The van der Waals surface area contributed by atoms with Gasteiger partial charge < -0.3 is 14.6 Å². The summed E-state index contributed by atoms with van der Waals surface area (Å²) in [5.41, 5.74) is 2.19. The lowest BCUT2D eigenvalue weighted by molar-refractivity contribution is -0.102. The van der Waals surface area contributed by atoms with Crippen LogP contribution in [0.5, 0.6) is 0 Å². The lowest BCUT2D eigenvalue weighted by Gasteiger charge is -2.60. The van der Waals surface area contributed by atoms with Gasteiger partial charge in [0.2, 0.25) is 0 Å². The molecule has 0 aromatic carbocycles. The molecule has 0 aromatic heterocycles. The van der Waals surface area contributed by atoms with Gasteiger partial charge in [-0.2, -0.15) is 0 Å². The van der Waals surface area contributed by atoms with E-state index in [9.17, 15) is 10.2 Å². The Morgan fingerprint density at radius 3 is 2.43 bits per heavy atom. The first-order valence-corrected chi connectivity index (χ1v) is 18.7. The molecule has 0 aliphatic heterocycles. The second kappa shape index (κ2) is 11.0. The molecule has 4 aliphatic carbocycles. The van der Waals surface area contributed by atoms with E-state index < -0.39 is 9.04 Å². The monoisotopic (exact) mass is 532 g/mol. The van der Waals surface area contributed by atoms with Crippen molar-refractivity contribution in [2.45, 2.75) is 144 Å². The predicted octanol–water partition coefficient (Wildman–Crippen LogP) is 7.75.